The van der Waals surface area contributed by atoms with Gasteiger partial charge in [0.25, 0.3) is 5.91 Å². The zero-order valence-corrected chi connectivity index (χ0v) is 17.7. The molecule has 6 nitrogen and oxygen atoms in total. The SMILES string of the molecule is Cl.NC[C@@H]1CN(C(=O)COc2cccc(N3CCCC3=O)c2)C[C@H]1c1ccccc1. The van der Waals surface area contributed by atoms with Gasteiger partial charge in [-0.15, -0.1) is 12.4 Å². The molecule has 4 rings (SSSR count). The molecule has 0 radical (unpaired) electrons. The molecule has 0 saturated carbocycles. The van der Waals surface area contributed by atoms with Crippen LogP contribution in [0.5, 0.6) is 5.75 Å². The fourth-order valence-electron chi connectivity index (χ4n) is 4.29. The number of nitrogens with zero attached hydrogens (tertiary/aromatic N) is 2. The highest BCUT2D eigenvalue weighted by Crippen LogP contribution is 2.32. The number of rotatable bonds is 6. The third-order valence-electron chi connectivity index (χ3n) is 5.89. The molecule has 0 bridgehead atoms. The molecule has 2 heterocycles. The zero-order valence-electron chi connectivity index (χ0n) is 16.9. The molecule has 2 fully saturated rings. The van der Waals surface area contributed by atoms with Crippen LogP contribution in [0.3, 0.4) is 0 Å². The van der Waals surface area contributed by atoms with Crippen molar-refractivity contribution < 1.29 is 14.3 Å². The molecule has 0 aliphatic carbocycles. The molecule has 2 atom stereocenters. The first kappa shape index (κ1) is 22.1. The lowest BCUT2D eigenvalue weighted by molar-refractivity contribution is -0.132. The van der Waals surface area contributed by atoms with Crippen LogP contribution in [0.15, 0.2) is 54.6 Å². The first-order valence-electron chi connectivity index (χ1n) is 10.2. The van der Waals surface area contributed by atoms with Crippen molar-refractivity contribution in [1.29, 1.82) is 0 Å². The van der Waals surface area contributed by atoms with E-state index in [1.54, 1.807) is 4.90 Å². The maximum atomic E-state index is 12.7. The quantitative estimate of drug-likeness (QED) is 0.766. The van der Waals surface area contributed by atoms with Crippen molar-refractivity contribution >= 4 is 29.9 Å². The monoisotopic (exact) mass is 429 g/mol. The van der Waals surface area contributed by atoms with Crippen LogP contribution in [-0.2, 0) is 9.59 Å². The maximum Gasteiger partial charge on any atom is 0.260 e. The molecule has 2 N–H and O–H groups in total. The lowest BCUT2D eigenvalue weighted by Crippen LogP contribution is -2.33. The van der Waals surface area contributed by atoms with Crippen molar-refractivity contribution in [3.63, 3.8) is 0 Å². The van der Waals surface area contributed by atoms with E-state index in [0.29, 0.717) is 31.8 Å². The lowest BCUT2D eigenvalue weighted by Gasteiger charge is -2.18. The van der Waals surface area contributed by atoms with E-state index < -0.39 is 0 Å². The standard InChI is InChI=1S/C23H27N3O3.ClH/c24-13-18-14-25(15-21(18)17-6-2-1-3-7-17)23(28)16-29-20-9-4-8-19(12-20)26-11-5-10-22(26)27;/h1-4,6-9,12,18,21H,5,10-11,13-16,24H2;1H/t18-,21+;/m1./s1. The predicted octanol–water partition coefficient (Wildman–Crippen LogP) is 2.81. The first-order valence-corrected chi connectivity index (χ1v) is 10.2. The molecule has 2 aliphatic heterocycles. The minimum atomic E-state index is -0.0375. The second kappa shape index (κ2) is 9.96. The van der Waals surface area contributed by atoms with Crippen molar-refractivity contribution in [3.05, 3.63) is 60.2 Å². The van der Waals surface area contributed by atoms with E-state index in [1.165, 1.54) is 5.56 Å². The molecule has 160 valence electrons. The highest BCUT2D eigenvalue weighted by Gasteiger charge is 2.35. The van der Waals surface area contributed by atoms with Gasteiger partial charge in [-0.05, 0) is 36.6 Å². The Morgan fingerprint density at radius 3 is 2.60 bits per heavy atom. The number of ether oxygens (including phenoxy) is 1. The fourth-order valence-corrected chi connectivity index (χ4v) is 4.29. The first-order chi connectivity index (χ1) is 14.2. The number of carbonyl (C=O) groups excluding carboxylic acids is 2. The number of halogens is 1. The van der Waals surface area contributed by atoms with E-state index in [9.17, 15) is 9.59 Å². The molecule has 30 heavy (non-hydrogen) atoms. The van der Waals surface area contributed by atoms with E-state index in [4.69, 9.17) is 10.5 Å². The normalized spacial score (nSPS) is 20.9. The van der Waals surface area contributed by atoms with Gasteiger partial charge in [0.05, 0.1) is 0 Å². The topological polar surface area (TPSA) is 75.9 Å². The van der Waals surface area contributed by atoms with Crippen LogP contribution >= 0.6 is 12.4 Å². The smallest absolute Gasteiger partial charge is 0.260 e. The van der Waals surface area contributed by atoms with E-state index in [-0.39, 0.29) is 42.7 Å². The van der Waals surface area contributed by atoms with Crippen molar-refractivity contribution in [2.45, 2.75) is 18.8 Å². The van der Waals surface area contributed by atoms with Crippen LogP contribution in [-0.4, -0.2) is 49.5 Å². The van der Waals surface area contributed by atoms with Gasteiger partial charge in [0.15, 0.2) is 6.61 Å². The number of benzene rings is 2. The summed E-state index contributed by atoms with van der Waals surface area (Å²) in [5.41, 5.74) is 8.02. The molecule has 2 aliphatic rings. The van der Waals surface area contributed by atoms with Crippen LogP contribution in [0, 0.1) is 5.92 Å². The highest BCUT2D eigenvalue weighted by atomic mass is 35.5. The Morgan fingerprint density at radius 2 is 1.90 bits per heavy atom. The fraction of sp³-hybridized carbons (Fsp3) is 0.391. The number of hydrogen-bond donors (Lipinski definition) is 1. The molecule has 0 aromatic heterocycles. The van der Waals surface area contributed by atoms with E-state index in [0.717, 1.165) is 18.7 Å². The van der Waals surface area contributed by atoms with Crippen LogP contribution < -0.4 is 15.4 Å². The van der Waals surface area contributed by atoms with Crippen molar-refractivity contribution in [3.8, 4) is 5.75 Å². The molecule has 2 aromatic rings. The van der Waals surface area contributed by atoms with E-state index >= 15 is 0 Å². The molecule has 2 aromatic carbocycles. The summed E-state index contributed by atoms with van der Waals surface area (Å²) in [5, 5.41) is 0. The second-order valence-electron chi connectivity index (χ2n) is 7.75. The van der Waals surface area contributed by atoms with Crippen molar-refractivity contribution in [2.24, 2.45) is 11.7 Å². The Labute approximate surface area is 183 Å². The van der Waals surface area contributed by atoms with Crippen LogP contribution in [0.25, 0.3) is 0 Å². The van der Waals surface area contributed by atoms with E-state index in [1.807, 2.05) is 47.4 Å². The summed E-state index contributed by atoms with van der Waals surface area (Å²) in [6.45, 7) is 2.58. The number of carbonyl (C=O) groups is 2. The molecule has 2 amide bonds. The third kappa shape index (κ3) is 4.77. The predicted molar refractivity (Wildman–Crippen MR) is 119 cm³/mol. The Balaban J connectivity index is 0.00000256. The van der Waals surface area contributed by atoms with Crippen molar-refractivity contribution in [1.82, 2.24) is 4.90 Å². The number of likely N-dealkylation sites (tertiary alicyclic amines) is 1. The van der Waals surface area contributed by atoms with E-state index in [2.05, 4.69) is 12.1 Å². The van der Waals surface area contributed by atoms with Gasteiger partial charge < -0.3 is 20.3 Å². The Morgan fingerprint density at radius 1 is 1.10 bits per heavy atom. The summed E-state index contributed by atoms with van der Waals surface area (Å²) >= 11 is 0. The second-order valence-corrected chi connectivity index (χ2v) is 7.75. The number of hydrogen-bond acceptors (Lipinski definition) is 4. The van der Waals surface area contributed by atoms with Gasteiger partial charge >= 0.3 is 0 Å². The van der Waals surface area contributed by atoms with Crippen LogP contribution in [0.2, 0.25) is 0 Å². The Hall–Kier alpha value is -2.57. The van der Waals surface area contributed by atoms with Crippen LogP contribution in [0.4, 0.5) is 5.69 Å². The van der Waals surface area contributed by atoms with Gasteiger partial charge in [-0.25, -0.2) is 0 Å². The third-order valence-corrected chi connectivity index (χ3v) is 5.89. The minimum absolute atomic E-state index is 0. The Kier molecular flexibility index (Phi) is 7.34. The van der Waals surface area contributed by atoms with Gasteiger partial charge in [0.2, 0.25) is 5.91 Å². The number of nitrogens with two attached hydrogens (primary N) is 1. The maximum absolute atomic E-state index is 12.7. The molecule has 7 heteroatoms. The summed E-state index contributed by atoms with van der Waals surface area (Å²) in [6, 6.07) is 17.6. The van der Waals surface area contributed by atoms with Crippen molar-refractivity contribution in [2.75, 3.05) is 37.7 Å². The average molecular weight is 430 g/mol. The largest absolute Gasteiger partial charge is 0.484 e. The molecular weight excluding hydrogens is 402 g/mol. The van der Waals surface area contributed by atoms with Gasteiger partial charge in [-0.1, -0.05) is 36.4 Å². The Bertz CT molecular complexity index is 877. The minimum Gasteiger partial charge on any atom is -0.484 e. The summed E-state index contributed by atoms with van der Waals surface area (Å²) in [7, 11) is 0. The average Bonchev–Trinajstić information content (AvgIpc) is 3.39. The molecule has 0 unspecified atom stereocenters. The van der Waals surface area contributed by atoms with Gasteiger partial charge in [0.1, 0.15) is 5.75 Å². The van der Waals surface area contributed by atoms with Gasteiger partial charge in [0, 0.05) is 43.7 Å². The number of amides is 2. The number of anilines is 1. The summed E-state index contributed by atoms with van der Waals surface area (Å²) < 4.78 is 5.77. The zero-order chi connectivity index (χ0) is 20.2. The molecular formula is C23H28ClN3O3. The summed E-state index contributed by atoms with van der Waals surface area (Å²) in [4.78, 5) is 28.3. The van der Waals surface area contributed by atoms with Gasteiger partial charge in [-0.3, -0.25) is 9.59 Å². The summed E-state index contributed by atoms with van der Waals surface area (Å²) in [6.07, 6.45) is 1.46. The highest BCUT2D eigenvalue weighted by molar-refractivity contribution is 5.95. The molecule has 0 spiro atoms. The van der Waals surface area contributed by atoms with Crippen LogP contribution in [0.1, 0.15) is 24.3 Å². The van der Waals surface area contributed by atoms with Gasteiger partial charge in [-0.2, -0.15) is 0 Å². The lowest BCUT2D eigenvalue weighted by atomic mass is 9.89. The summed E-state index contributed by atoms with van der Waals surface area (Å²) in [5.74, 6) is 1.21. The molecule has 2 saturated heterocycles.